The molecule has 0 unspecified atom stereocenters. The number of carbonyl (C=O) groups excluding carboxylic acids is 3. The number of ketones is 1. The highest BCUT2D eigenvalue weighted by atomic mass is 32.1. The van der Waals surface area contributed by atoms with Gasteiger partial charge in [-0.15, -0.1) is 11.3 Å². The normalized spacial score (nSPS) is 11.0. The SMILES string of the molecule is CC(C)(C)C(=O)NCc1ccc(C(=O)COC(=O)c2ccc(COc3ccccc3)cc2)s1. The molecule has 172 valence electrons. The topological polar surface area (TPSA) is 81.7 Å². The van der Waals surface area contributed by atoms with Gasteiger partial charge in [-0.05, 0) is 42.0 Å². The molecule has 0 saturated carbocycles. The van der Waals surface area contributed by atoms with Gasteiger partial charge in [0.25, 0.3) is 0 Å². The van der Waals surface area contributed by atoms with Crippen LogP contribution in [0.4, 0.5) is 0 Å². The molecule has 0 saturated heterocycles. The molecule has 0 atom stereocenters. The van der Waals surface area contributed by atoms with E-state index in [2.05, 4.69) is 5.32 Å². The van der Waals surface area contributed by atoms with Crippen molar-refractivity contribution in [3.63, 3.8) is 0 Å². The molecule has 2 aromatic carbocycles. The molecular formula is C26H27NO5S. The van der Waals surface area contributed by atoms with Crippen molar-refractivity contribution in [1.82, 2.24) is 5.32 Å². The monoisotopic (exact) mass is 465 g/mol. The number of thiophene rings is 1. The van der Waals surface area contributed by atoms with Crippen molar-refractivity contribution in [2.75, 3.05) is 6.61 Å². The molecule has 3 rings (SSSR count). The largest absolute Gasteiger partial charge is 0.489 e. The van der Waals surface area contributed by atoms with Crippen LogP contribution < -0.4 is 10.1 Å². The van der Waals surface area contributed by atoms with Crippen LogP contribution in [0.25, 0.3) is 0 Å². The lowest BCUT2D eigenvalue weighted by Crippen LogP contribution is -2.34. The van der Waals surface area contributed by atoms with E-state index in [1.54, 1.807) is 36.4 Å². The van der Waals surface area contributed by atoms with E-state index in [-0.39, 0.29) is 18.3 Å². The number of nitrogens with one attached hydrogen (secondary N) is 1. The minimum atomic E-state index is -0.562. The second-order valence-corrected chi connectivity index (χ2v) is 9.66. The number of hydrogen-bond acceptors (Lipinski definition) is 6. The van der Waals surface area contributed by atoms with Crippen molar-refractivity contribution in [2.24, 2.45) is 5.41 Å². The molecule has 1 heterocycles. The van der Waals surface area contributed by atoms with Crippen LogP contribution >= 0.6 is 11.3 Å². The second kappa shape index (κ2) is 10.9. The Hall–Kier alpha value is -3.45. The van der Waals surface area contributed by atoms with Gasteiger partial charge >= 0.3 is 5.97 Å². The Balaban J connectivity index is 1.46. The first-order valence-corrected chi connectivity index (χ1v) is 11.4. The van der Waals surface area contributed by atoms with Crippen molar-refractivity contribution in [2.45, 2.75) is 33.9 Å². The lowest BCUT2D eigenvalue weighted by Gasteiger charge is -2.17. The predicted molar refractivity (Wildman–Crippen MR) is 127 cm³/mol. The number of Topliss-reactive ketones (excluding diaryl/α,β-unsaturated/α-hetero) is 1. The molecule has 0 aliphatic rings. The number of hydrogen-bond donors (Lipinski definition) is 1. The minimum absolute atomic E-state index is 0.0599. The maximum absolute atomic E-state index is 12.4. The average molecular weight is 466 g/mol. The Morgan fingerprint density at radius 3 is 2.27 bits per heavy atom. The maximum Gasteiger partial charge on any atom is 0.338 e. The van der Waals surface area contributed by atoms with Gasteiger partial charge in [-0.2, -0.15) is 0 Å². The van der Waals surface area contributed by atoms with Crippen LogP contribution in [0.3, 0.4) is 0 Å². The van der Waals surface area contributed by atoms with Crippen LogP contribution in [0, 0.1) is 5.41 Å². The van der Waals surface area contributed by atoms with Gasteiger partial charge < -0.3 is 14.8 Å². The summed E-state index contributed by atoms with van der Waals surface area (Å²) >= 11 is 1.28. The van der Waals surface area contributed by atoms with Gasteiger partial charge in [0.2, 0.25) is 11.7 Å². The zero-order valence-corrected chi connectivity index (χ0v) is 19.7. The number of ether oxygens (including phenoxy) is 2. The Morgan fingerprint density at radius 2 is 1.61 bits per heavy atom. The van der Waals surface area contributed by atoms with Gasteiger partial charge in [-0.3, -0.25) is 9.59 Å². The zero-order chi connectivity index (χ0) is 23.8. The zero-order valence-electron chi connectivity index (χ0n) is 18.9. The quantitative estimate of drug-likeness (QED) is 0.354. The molecule has 0 radical (unpaired) electrons. The van der Waals surface area contributed by atoms with Gasteiger partial charge in [-0.1, -0.05) is 51.1 Å². The third-order valence-corrected chi connectivity index (χ3v) is 5.84. The molecule has 6 nitrogen and oxygen atoms in total. The molecule has 0 aliphatic carbocycles. The Labute approximate surface area is 197 Å². The number of benzene rings is 2. The molecule has 0 spiro atoms. The molecule has 1 N–H and O–H groups in total. The van der Waals surface area contributed by atoms with E-state index < -0.39 is 11.4 Å². The standard InChI is InChI=1S/C26H27NO5S/c1-26(2,3)25(30)27-15-21-13-14-23(33-21)22(28)17-32-24(29)19-11-9-18(10-12-19)16-31-20-7-5-4-6-8-20/h4-14H,15-17H2,1-3H3,(H,27,30). The Kier molecular flexibility index (Phi) is 8.01. The molecule has 7 heteroatoms. The van der Waals surface area contributed by atoms with Crippen molar-refractivity contribution in [1.29, 1.82) is 0 Å². The lowest BCUT2D eigenvalue weighted by molar-refractivity contribution is -0.128. The van der Waals surface area contributed by atoms with Crippen molar-refractivity contribution in [3.05, 3.63) is 87.6 Å². The lowest BCUT2D eigenvalue weighted by atomic mass is 9.96. The van der Waals surface area contributed by atoms with E-state index in [1.165, 1.54) is 11.3 Å². The van der Waals surface area contributed by atoms with Crippen LogP contribution in [0.2, 0.25) is 0 Å². The summed E-state index contributed by atoms with van der Waals surface area (Å²) in [6.07, 6.45) is 0. The molecule has 0 aliphatic heterocycles. The van der Waals surface area contributed by atoms with Crippen LogP contribution in [0.5, 0.6) is 5.75 Å². The number of carbonyl (C=O) groups is 3. The number of para-hydroxylation sites is 1. The Morgan fingerprint density at radius 1 is 0.909 bits per heavy atom. The van der Waals surface area contributed by atoms with Crippen molar-refractivity contribution < 1.29 is 23.9 Å². The fourth-order valence-electron chi connectivity index (χ4n) is 2.76. The van der Waals surface area contributed by atoms with Gasteiger partial charge in [-0.25, -0.2) is 4.79 Å². The average Bonchev–Trinajstić information content (AvgIpc) is 3.29. The fourth-order valence-corrected chi connectivity index (χ4v) is 3.63. The van der Waals surface area contributed by atoms with Crippen LogP contribution in [-0.2, 0) is 22.7 Å². The van der Waals surface area contributed by atoms with Gasteiger partial charge in [0.05, 0.1) is 17.0 Å². The molecule has 1 amide bonds. The summed E-state index contributed by atoms with van der Waals surface area (Å²) < 4.78 is 10.9. The Bertz CT molecular complexity index is 1100. The highest BCUT2D eigenvalue weighted by Crippen LogP contribution is 2.19. The van der Waals surface area contributed by atoms with Crippen LogP contribution in [0.1, 0.15) is 51.2 Å². The van der Waals surface area contributed by atoms with E-state index in [4.69, 9.17) is 9.47 Å². The van der Waals surface area contributed by atoms with Crippen LogP contribution in [-0.4, -0.2) is 24.3 Å². The van der Waals surface area contributed by atoms with E-state index >= 15 is 0 Å². The van der Waals surface area contributed by atoms with Crippen molar-refractivity contribution >= 4 is 29.0 Å². The number of amides is 1. The first-order valence-electron chi connectivity index (χ1n) is 10.6. The minimum Gasteiger partial charge on any atom is -0.489 e. The van der Waals surface area contributed by atoms with E-state index in [0.717, 1.165) is 16.2 Å². The smallest absolute Gasteiger partial charge is 0.338 e. The highest BCUT2D eigenvalue weighted by molar-refractivity contribution is 7.14. The van der Waals surface area contributed by atoms with Crippen molar-refractivity contribution in [3.8, 4) is 5.75 Å². The first-order chi connectivity index (χ1) is 15.7. The van der Waals surface area contributed by atoms with Crippen LogP contribution in [0.15, 0.2) is 66.7 Å². The van der Waals surface area contributed by atoms with E-state index in [0.29, 0.717) is 23.6 Å². The summed E-state index contributed by atoms with van der Waals surface area (Å²) in [6, 6.07) is 19.8. The number of rotatable bonds is 9. The van der Waals surface area contributed by atoms with E-state index in [1.807, 2.05) is 51.1 Å². The third kappa shape index (κ3) is 7.29. The summed E-state index contributed by atoms with van der Waals surface area (Å²) in [6.45, 7) is 5.92. The summed E-state index contributed by atoms with van der Waals surface area (Å²) in [5, 5.41) is 2.85. The molecular weight excluding hydrogens is 438 g/mol. The van der Waals surface area contributed by atoms with Gasteiger partial charge in [0, 0.05) is 10.3 Å². The summed E-state index contributed by atoms with van der Waals surface area (Å²) in [7, 11) is 0. The van der Waals surface area contributed by atoms with E-state index in [9.17, 15) is 14.4 Å². The molecule has 33 heavy (non-hydrogen) atoms. The summed E-state index contributed by atoms with van der Waals surface area (Å²) in [5.41, 5.74) is 0.802. The predicted octanol–water partition coefficient (Wildman–Crippen LogP) is 5.03. The molecule has 0 bridgehead atoms. The summed E-state index contributed by atoms with van der Waals surface area (Å²) in [5.74, 6) is -0.133. The maximum atomic E-state index is 12.4. The first kappa shape index (κ1) is 24.2. The summed E-state index contributed by atoms with van der Waals surface area (Å²) in [4.78, 5) is 38.0. The molecule has 0 fully saturated rings. The highest BCUT2D eigenvalue weighted by Gasteiger charge is 2.21. The molecule has 3 aromatic rings. The van der Waals surface area contributed by atoms with Gasteiger partial charge in [0.15, 0.2) is 6.61 Å². The fraction of sp³-hybridized carbons (Fsp3) is 0.269. The number of esters is 1. The third-order valence-electron chi connectivity index (χ3n) is 4.71. The van der Waals surface area contributed by atoms with Gasteiger partial charge in [0.1, 0.15) is 12.4 Å². The molecule has 1 aromatic heterocycles. The second-order valence-electron chi connectivity index (χ2n) is 8.50.